The van der Waals surface area contributed by atoms with Crippen molar-refractivity contribution in [3.8, 4) is 5.75 Å². The third kappa shape index (κ3) is 4.95. The molecule has 1 aromatic carbocycles. The first kappa shape index (κ1) is 23.0. The number of carbonyl (C=O) groups is 1. The van der Waals surface area contributed by atoms with E-state index < -0.39 is 5.69 Å². The van der Waals surface area contributed by atoms with Gasteiger partial charge in [-0.05, 0) is 43.4 Å². The zero-order valence-corrected chi connectivity index (χ0v) is 19.8. The van der Waals surface area contributed by atoms with Crippen molar-refractivity contribution in [2.24, 2.45) is 0 Å². The molecule has 0 radical (unpaired) electrons. The van der Waals surface area contributed by atoms with E-state index in [2.05, 4.69) is 15.2 Å². The molecule has 3 heterocycles. The van der Waals surface area contributed by atoms with Gasteiger partial charge in [0.2, 0.25) is 5.91 Å². The van der Waals surface area contributed by atoms with Crippen LogP contribution in [0.15, 0.2) is 33.9 Å². The van der Waals surface area contributed by atoms with Crippen LogP contribution in [-0.4, -0.2) is 40.2 Å². The number of anilines is 1. The normalized spacial score (nSPS) is 13.9. The highest BCUT2D eigenvalue weighted by molar-refractivity contribution is 7.22. The minimum Gasteiger partial charge on any atom is -0.497 e. The van der Waals surface area contributed by atoms with Crippen molar-refractivity contribution in [2.45, 2.75) is 52.2 Å². The Balaban J connectivity index is 1.64. The van der Waals surface area contributed by atoms with Gasteiger partial charge in [0.25, 0.3) is 5.56 Å². The number of methoxy groups -OCH3 is 1. The maximum atomic E-state index is 13.2. The lowest BCUT2D eigenvalue weighted by Gasteiger charge is -2.25. The lowest BCUT2D eigenvalue weighted by Crippen LogP contribution is -2.42. The first-order chi connectivity index (χ1) is 16.0. The van der Waals surface area contributed by atoms with Crippen LogP contribution in [0.2, 0.25) is 0 Å². The average molecular weight is 472 g/mol. The molecule has 2 aromatic heterocycles. The van der Waals surface area contributed by atoms with E-state index in [4.69, 9.17) is 4.74 Å². The minimum atomic E-state index is -0.499. The van der Waals surface area contributed by atoms with E-state index in [1.54, 1.807) is 7.11 Å². The molecular formula is C23H29N5O4S. The van der Waals surface area contributed by atoms with Gasteiger partial charge in [0.05, 0.1) is 7.11 Å². The van der Waals surface area contributed by atoms with Crippen LogP contribution >= 0.6 is 11.3 Å². The summed E-state index contributed by atoms with van der Waals surface area (Å²) < 4.78 is 8.19. The van der Waals surface area contributed by atoms with Gasteiger partial charge in [-0.2, -0.15) is 0 Å². The minimum absolute atomic E-state index is 0.202. The summed E-state index contributed by atoms with van der Waals surface area (Å²) in [5.74, 6) is 0.384. The summed E-state index contributed by atoms with van der Waals surface area (Å²) in [5.41, 5.74) is 0.351. The lowest BCUT2D eigenvalue weighted by molar-refractivity contribution is -0.121. The summed E-state index contributed by atoms with van der Waals surface area (Å²) >= 11 is 1.31. The zero-order chi connectivity index (χ0) is 23.4. The van der Waals surface area contributed by atoms with Crippen LogP contribution in [0.25, 0.3) is 10.3 Å². The highest BCUT2D eigenvalue weighted by atomic mass is 32.1. The molecule has 33 heavy (non-hydrogen) atoms. The number of nitrogens with one attached hydrogen (secondary N) is 1. The molecule has 1 saturated heterocycles. The van der Waals surface area contributed by atoms with E-state index in [9.17, 15) is 14.4 Å². The summed E-state index contributed by atoms with van der Waals surface area (Å²) in [5, 5.41) is 3.59. The van der Waals surface area contributed by atoms with Crippen LogP contribution in [0.3, 0.4) is 0 Å². The standard InChI is InChI=1S/C23H29N5O4S/c1-3-10-27-21(30)19-20(25-22(33-19)26-11-5-4-6-12-26)28(23(27)31)15-18(29)24-14-16-8-7-9-17(13-16)32-2/h7-9,13H,3-6,10-12,14-15H2,1-2H3,(H,24,29). The van der Waals surface area contributed by atoms with Gasteiger partial charge in [0.15, 0.2) is 10.8 Å². The molecule has 1 amide bonds. The third-order valence-corrected chi connectivity index (χ3v) is 6.85. The summed E-state index contributed by atoms with van der Waals surface area (Å²) in [7, 11) is 1.59. The molecule has 1 aliphatic heterocycles. The molecule has 0 spiro atoms. The molecule has 10 heteroatoms. The molecule has 0 saturated carbocycles. The zero-order valence-electron chi connectivity index (χ0n) is 19.0. The van der Waals surface area contributed by atoms with Gasteiger partial charge in [-0.15, -0.1) is 0 Å². The van der Waals surface area contributed by atoms with Gasteiger partial charge in [-0.3, -0.25) is 18.7 Å². The summed E-state index contributed by atoms with van der Waals surface area (Å²) in [4.78, 5) is 45.8. The number of benzene rings is 1. The van der Waals surface area contributed by atoms with Gasteiger partial charge in [-0.1, -0.05) is 30.4 Å². The number of amides is 1. The van der Waals surface area contributed by atoms with Crippen molar-refractivity contribution in [3.05, 3.63) is 50.7 Å². The fraction of sp³-hybridized carbons (Fsp3) is 0.478. The molecule has 0 bridgehead atoms. The van der Waals surface area contributed by atoms with E-state index in [0.29, 0.717) is 35.6 Å². The van der Waals surface area contributed by atoms with Crippen LogP contribution in [-0.2, 0) is 24.4 Å². The number of ether oxygens (including phenoxy) is 1. The Morgan fingerprint density at radius 2 is 1.97 bits per heavy atom. The molecule has 0 aliphatic carbocycles. The number of fused-ring (bicyclic) bond motifs is 1. The van der Waals surface area contributed by atoms with Crippen LogP contribution in [0, 0.1) is 0 Å². The van der Waals surface area contributed by atoms with Crippen molar-refractivity contribution < 1.29 is 9.53 Å². The first-order valence-corrected chi connectivity index (χ1v) is 12.1. The number of hydrogen-bond donors (Lipinski definition) is 1. The Hall–Kier alpha value is -3.14. The van der Waals surface area contributed by atoms with Gasteiger partial charge in [0.1, 0.15) is 17.0 Å². The fourth-order valence-corrected chi connectivity index (χ4v) is 5.11. The molecule has 0 atom stereocenters. The van der Waals surface area contributed by atoms with Crippen molar-refractivity contribution in [1.82, 2.24) is 19.4 Å². The van der Waals surface area contributed by atoms with E-state index in [1.165, 1.54) is 26.9 Å². The fourth-order valence-electron chi connectivity index (χ4n) is 4.04. The Morgan fingerprint density at radius 1 is 1.18 bits per heavy atom. The summed E-state index contributed by atoms with van der Waals surface area (Å²) in [6.07, 6.45) is 3.98. The maximum absolute atomic E-state index is 13.2. The van der Waals surface area contributed by atoms with Crippen molar-refractivity contribution in [3.63, 3.8) is 0 Å². The lowest BCUT2D eigenvalue weighted by atomic mass is 10.1. The number of carbonyl (C=O) groups excluding carboxylic acids is 1. The molecule has 0 unspecified atom stereocenters. The van der Waals surface area contributed by atoms with Crippen LogP contribution in [0.1, 0.15) is 38.2 Å². The summed E-state index contributed by atoms with van der Waals surface area (Å²) in [6.45, 7) is 4.08. The molecule has 1 fully saturated rings. The SMILES string of the molecule is CCCn1c(=O)c2sc(N3CCCCC3)nc2n(CC(=O)NCc2cccc(OC)c2)c1=O. The number of nitrogens with zero attached hydrogens (tertiary/aromatic N) is 4. The van der Waals surface area contributed by atoms with Gasteiger partial charge >= 0.3 is 5.69 Å². The van der Waals surface area contributed by atoms with Crippen molar-refractivity contribution in [1.29, 1.82) is 0 Å². The predicted octanol–water partition coefficient (Wildman–Crippen LogP) is 2.34. The topological polar surface area (TPSA) is 98.5 Å². The predicted molar refractivity (Wildman–Crippen MR) is 129 cm³/mol. The second kappa shape index (κ2) is 10.2. The molecule has 1 aliphatic rings. The molecule has 9 nitrogen and oxygen atoms in total. The molecule has 1 N–H and O–H groups in total. The van der Waals surface area contributed by atoms with Crippen LogP contribution in [0.4, 0.5) is 5.13 Å². The quantitative estimate of drug-likeness (QED) is 0.542. The Labute approximate surface area is 195 Å². The third-order valence-electron chi connectivity index (χ3n) is 5.75. The molecule has 3 aromatic rings. The Kier molecular flexibility index (Phi) is 7.12. The highest BCUT2D eigenvalue weighted by Gasteiger charge is 2.22. The van der Waals surface area contributed by atoms with E-state index in [-0.39, 0.29) is 18.0 Å². The monoisotopic (exact) mass is 471 g/mol. The second-order valence-corrected chi connectivity index (χ2v) is 9.13. The van der Waals surface area contributed by atoms with E-state index in [0.717, 1.165) is 36.6 Å². The molecule has 4 rings (SSSR count). The van der Waals surface area contributed by atoms with Crippen molar-refractivity contribution in [2.75, 3.05) is 25.1 Å². The van der Waals surface area contributed by atoms with Gasteiger partial charge in [-0.25, -0.2) is 9.78 Å². The smallest absolute Gasteiger partial charge is 0.333 e. The van der Waals surface area contributed by atoms with Crippen LogP contribution in [0.5, 0.6) is 5.75 Å². The highest BCUT2D eigenvalue weighted by Crippen LogP contribution is 2.28. The number of rotatable bonds is 8. The second-order valence-electron chi connectivity index (χ2n) is 8.15. The van der Waals surface area contributed by atoms with Crippen LogP contribution < -0.4 is 26.2 Å². The van der Waals surface area contributed by atoms with Crippen molar-refractivity contribution >= 4 is 32.7 Å². The first-order valence-electron chi connectivity index (χ1n) is 11.3. The largest absolute Gasteiger partial charge is 0.497 e. The Morgan fingerprint density at radius 3 is 2.70 bits per heavy atom. The number of hydrogen-bond acceptors (Lipinski definition) is 7. The molecular weight excluding hydrogens is 442 g/mol. The average Bonchev–Trinajstić information content (AvgIpc) is 3.29. The van der Waals surface area contributed by atoms with E-state index >= 15 is 0 Å². The number of aromatic nitrogens is 3. The maximum Gasteiger partial charge on any atom is 0.333 e. The van der Waals surface area contributed by atoms with E-state index in [1.807, 2.05) is 31.2 Å². The van der Waals surface area contributed by atoms with Gasteiger partial charge < -0.3 is 15.0 Å². The molecule has 176 valence electrons. The summed E-state index contributed by atoms with van der Waals surface area (Å²) in [6, 6.07) is 7.42. The number of thiazole rings is 1. The Bertz CT molecular complexity index is 1260. The number of piperidine rings is 1. The van der Waals surface area contributed by atoms with Gasteiger partial charge in [0, 0.05) is 26.2 Å².